The Kier molecular flexibility index (Phi) is 15.4. The zero-order valence-electron chi connectivity index (χ0n) is 20.3. The number of nitrogens with zero attached hydrogens (tertiary/aromatic N) is 3. The summed E-state index contributed by atoms with van der Waals surface area (Å²) in [6.45, 7) is 7.81. The van der Waals surface area contributed by atoms with Gasteiger partial charge in [0.15, 0.2) is 5.82 Å². The second-order valence-electron chi connectivity index (χ2n) is 9.29. The van der Waals surface area contributed by atoms with Gasteiger partial charge in [0.25, 0.3) is 0 Å². The molecule has 0 aromatic carbocycles. The molecule has 8 heteroatoms. The van der Waals surface area contributed by atoms with Crippen molar-refractivity contribution in [3.05, 3.63) is 5.82 Å². The number of carbonyl (C=O) groups excluding carboxylic acids is 1. The smallest absolute Gasteiger partial charge is 0.408 e. The third-order valence-electron chi connectivity index (χ3n) is 5.04. The first kappa shape index (κ1) is 27.7. The number of rotatable bonds is 18. The predicted octanol–water partition coefficient (Wildman–Crippen LogP) is 6.59. The van der Waals surface area contributed by atoms with Gasteiger partial charge in [-0.3, -0.25) is 0 Å². The van der Waals surface area contributed by atoms with E-state index in [1.165, 1.54) is 83.5 Å². The van der Waals surface area contributed by atoms with Gasteiger partial charge in [-0.1, -0.05) is 89.2 Å². The Morgan fingerprint density at radius 1 is 0.968 bits per heavy atom. The topological polar surface area (TPSA) is 92.8 Å². The summed E-state index contributed by atoms with van der Waals surface area (Å²) in [7, 11) is 0. The van der Waals surface area contributed by atoms with Gasteiger partial charge < -0.3 is 10.1 Å². The number of aromatic amines is 1. The zero-order chi connectivity index (χ0) is 22.8. The molecule has 7 nitrogen and oxygen atoms in total. The van der Waals surface area contributed by atoms with Crippen LogP contribution in [0.25, 0.3) is 0 Å². The van der Waals surface area contributed by atoms with E-state index in [4.69, 9.17) is 4.74 Å². The van der Waals surface area contributed by atoms with Gasteiger partial charge in [0.05, 0.1) is 0 Å². The Hall–Kier alpha value is -1.31. The Bertz CT molecular complexity index is 549. The van der Waals surface area contributed by atoms with Crippen molar-refractivity contribution in [2.75, 3.05) is 11.5 Å². The highest BCUT2D eigenvalue weighted by molar-refractivity contribution is 7.99. The van der Waals surface area contributed by atoms with Crippen LogP contribution in [0.1, 0.15) is 123 Å². The first-order valence-corrected chi connectivity index (χ1v) is 13.4. The number of nitrogens with one attached hydrogen (secondary N) is 2. The van der Waals surface area contributed by atoms with Crippen LogP contribution >= 0.6 is 11.8 Å². The molecule has 0 aliphatic heterocycles. The van der Waals surface area contributed by atoms with Crippen molar-refractivity contribution in [1.29, 1.82) is 0 Å². The summed E-state index contributed by atoms with van der Waals surface area (Å²) in [6, 6.07) is -0.305. The first-order chi connectivity index (χ1) is 14.9. The summed E-state index contributed by atoms with van der Waals surface area (Å²) in [5, 5.41) is 17.0. The van der Waals surface area contributed by atoms with Gasteiger partial charge in [-0.25, -0.2) is 4.79 Å². The van der Waals surface area contributed by atoms with Crippen LogP contribution in [-0.4, -0.2) is 43.8 Å². The monoisotopic (exact) mass is 455 g/mol. The fraction of sp³-hybridized carbons (Fsp3) is 0.913. The lowest BCUT2D eigenvalue weighted by Gasteiger charge is -2.22. The van der Waals surface area contributed by atoms with E-state index in [0.29, 0.717) is 11.6 Å². The van der Waals surface area contributed by atoms with Gasteiger partial charge in [-0.2, -0.15) is 17.0 Å². The van der Waals surface area contributed by atoms with Crippen LogP contribution < -0.4 is 5.32 Å². The van der Waals surface area contributed by atoms with Gasteiger partial charge in [-0.05, 0) is 32.9 Å². The molecule has 1 aromatic heterocycles. The molecule has 1 amide bonds. The Labute approximate surface area is 193 Å². The van der Waals surface area contributed by atoms with E-state index in [2.05, 4.69) is 32.9 Å². The minimum absolute atomic E-state index is 0.305. The van der Waals surface area contributed by atoms with Crippen LogP contribution in [0.15, 0.2) is 0 Å². The molecule has 0 saturated heterocycles. The van der Waals surface area contributed by atoms with E-state index in [9.17, 15) is 4.79 Å². The van der Waals surface area contributed by atoms with Crippen LogP contribution in [0.2, 0.25) is 0 Å². The predicted molar refractivity (Wildman–Crippen MR) is 129 cm³/mol. The van der Waals surface area contributed by atoms with Gasteiger partial charge >= 0.3 is 6.09 Å². The number of hydrogen-bond acceptors (Lipinski definition) is 6. The SMILES string of the molecule is CCCCCCCCCCCCCCCSCC(NC(=O)OC(C)(C)C)c1nn[nH]n1. The maximum Gasteiger partial charge on any atom is 0.408 e. The molecular weight excluding hydrogens is 410 g/mol. The molecule has 0 spiro atoms. The summed E-state index contributed by atoms with van der Waals surface area (Å²) in [5.74, 6) is 2.27. The number of unbranched alkanes of at least 4 members (excludes halogenated alkanes) is 12. The molecule has 1 rings (SSSR count). The quantitative estimate of drug-likeness (QED) is 0.243. The highest BCUT2D eigenvalue weighted by atomic mass is 32.2. The van der Waals surface area contributed by atoms with Gasteiger partial charge in [0, 0.05) is 5.75 Å². The van der Waals surface area contributed by atoms with Crippen molar-refractivity contribution in [3.8, 4) is 0 Å². The van der Waals surface area contributed by atoms with Crippen LogP contribution in [0.5, 0.6) is 0 Å². The average Bonchev–Trinajstić information content (AvgIpc) is 3.23. The number of amides is 1. The number of carbonyl (C=O) groups is 1. The summed E-state index contributed by atoms with van der Waals surface area (Å²) in [6.07, 6.45) is 17.3. The molecule has 2 N–H and O–H groups in total. The third-order valence-corrected chi connectivity index (χ3v) is 6.19. The molecule has 0 fully saturated rings. The third kappa shape index (κ3) is 16.0. The zero-order valence-corrected chi connectivity index (χ0v) is 21.1. The van der Waals surface area contributed by atoms with Crippen molar-refractivity contribution >= 4 is 17.9 Å². The Morgan fingerprint density at radius 3 is 2.00 bits per heavy atom. The molecule has 1 heterocycles. The number of alkyl carbamates (subject to hydrolysis) is 1. The summed E-state index contributed by atoms with van der Waals surface area (Å²) in [4.78, 5) is 12.1. The number of aromatic nitrogens is 4. The molecule has 180 valence electrons. The largest absolute Gasteiger partial charge is 0.444 e. The van der Waals surface area contributed by atoms with Crippen molar-refractivity contribution in [1.82, 2.24) is 25.9 Å². The van der Waals surface area contributed by atoms with E-state index < -0.39 is 11.7 Å². The summed E-state index contributed by atoms with van der Waals surface area (Å²) < 4.78 is 5.35. The normalized spacial score (nSPS) is 12.6. The molecule has 1 atom stereocenters. The first-order valence-electron chi connectivity index (χ1n) is 12.2. The summed E-state index contributed by atoms with van der Waals surface area (Å²) >= 11 is 1.81. The molecule has 0 bridgehead atoms. The minimum atomic E-state index is -0.534. The lowest BCUT2D eigenvalue weighted by Crippen LogP contribution is -2.36. The Balaban J connectivity index is 2.04. The maximum absolute atomic E-state index is 12.1. The minimum Gasteiger partial charge on any atom is -0.444 e. The standard InChI is InChI=1S/C23H45N5O2S/c1-5-6-7-8-9-10-11-12-13-14-15-16-17-18-31-19-20(21-25-27-28-26-21)24-22(29)30-23(2,3)4/h20H,5-19H2,1-4H3,(H,24,29)(H,25,26,27,28). The highest BCUT2D eigenvalue weighted by Gasteiger charge is 2.23. The number of hydrogen-bond donors (Lipinski definition) is 2. The van der Waals surface area contributed by atoms with Crippen molar-refractivity contribution in [2.24, 2.45) is 0 Å². The molecule has 0 aliphatic carbocycles. The van der Waals surface area contributed by atoms with E-state index in [1.807, 2.05) is 32.5 Å². The van der Waals surface area contributed by atoms with Gasteiger partial charge in [-0.15, -0.1) is 10.2 Å². The van der Waals surface area contributed by atoms with Crippen molar-refractivity contribution in [3.63, 3.8) is 0 Å². The molecule has 0 radical (unpaired) electrons. The van der Waals surface area contributed by atoms with E-state index in [1.54, 1.807) is 0 Å². The molecule has 0 aliphatic rings. The molecular formula is C23H45N5O2S. The number of tetrazole rings is 1. The Morgan fingerprint density at radius 2 is 1.52 bits per heavy atom. The molecule has 1 aromatic rings. The molecule has 0 saturated carbocycles. The molecule has 1 unspecified atom stereocenters. The number of thioether (sulfide) groups is 1. The van der Waals surface area contributed by atoms with Crippen LogP contribution in [0.4, 0.5) is 4.79 Å². The van der Waals surface area contributed by atoms with Gasteiger partial charge in [0.2, 0.25) is 0 Å². The van der Waals surface area contributed by atoms with Crippen LogP contribution in [0.3, 0.4) is 0 Å². The number of ether oxygens (including phenoxy) is 1. The van der Waals surface area contributed by atoms with E-state index in [0.717, 1.165) is 5.75 Å². The fourth-order valence-corrected chi connectivity index (χ4v) is 4.41. The van der Waals surface area contributed by atoms with Crippen LogP contribution in [0, 0.1) is 0 Å². The second-order valence-corrected chi connectivity index (χ2v) is 10.4. The van der Waals surface area contributed by atoms with Crippen molar-refractivity contribution < 1.29 is 9.53 Å². The summed E-state index contributed by atoms with van der Waals surface area (Å²) in [5.41, 5.74) is -0.534. The second kappa shape index (κ2) is 17.3. The van der Waals surface area contributed by atoms with Crippen molar-refractivity contribution in [2.45, 2.75) is 123 Å². The average molecular weight is 456 g/mol. The highest BCUT2D eigenvalue weighted by Crippen LogP contribution is 2.18. The fourth-order valence-electron chi connectivity index (χ4n) is 3.37. The number of H-pyrrole nitrogens is 1. The molecule has 31 heavy (non-hydrogen) atoms. The lowest BCUT2D eigenvalue weighted by atomic mass is 10.1. The van der Waals surface area contributed by atoms with E-state index >= 15 is 0 Å². The van der Waals surface area contributed by atoms with Crippen LogP contribution in [-0.2, 0) is 4.74 Å². The maximum atomic E-state index is 12.1. The van der Waals surface area contributed by atoms with E-state index in [-0.39, 0.29) is 6.04 Å². The van der Waals surface area contributed by atoms with Gasteiger partial charge in [0.1, 0.15) is 11.6 Å². The lowest BCUT2D eigenvalue weighted by molar-refractivity contribution is 0.0507.